The average Bonchev–Trinajstić information content (AvgIpc) is 3.67. The van der Waals surface area contributed by atoms with E-state index in [-0.39, 0.29) is 18.5 Å². The molecule has 5 rings (SSSR count). The van der Waals surface area contributed by atoms with Gasteiger partial charge in [0.05, 0.1) is 19.4 Å². The van der Waals surface area contributed by atoms with Crippen molar-refractivity contribution in [2.45, 2.75) is 25.8 Å². The molecule has 2 N–H and O–H groups in total. The molecule has 0 aliphatic carbocycles. The summed E-state index contributed by atoms with van der Waals surface area (Å²) in [5.74, 6) is 0.137. The minimum absolute atomic E-state index is 0.0677. The largest absolute Gasteiger partial charge is 0.497 e. The Bertz CT molecular complexity index is 1330. The molecule has 3 heterocycles. The summed E-state index contributed by atoms with van der Waals surface area (Å²) in [4.78, 5) is 44.1. The first kappa shape index (κ1) is 27.3. The van der Waals surface area contributed by atoms with Crippen molar-refractivity contribution in [1.82, 2.24) is 10.2 Å². The molecular formula is C30H35N5O5. The molecule has 40 heavy (non-hydrogen) atoms. The van der Waals surface area contributed by atoms with E-state index < -0.39 is 11.8 Å². The van der Waals surface area contributed by atoms with Crippen molar-refractivity contribution in [2.24, 2.45) is 0 Å². The number of furan rings is 1. The highest BCUT2D eigenvalue weighted by molar-refractivity contribution is 6.39. The Morgan fingerprint density at radius 3 is 2.42 bits per heavy atom. The van der Waals surface area contributed by atoms with Crippen molar-refractivity contribution in [1.29, 1.82) is 0 Å². The summed E-state index contributed by atoms with van der Waals surface area (Å²) in [5, 5.41) is 5.46. The zero-order valence-electron chi connectivity index (χ0n) is 22.9. The van der Waals surface area contributed by atoms with E-state index in [1.54, 1.807) is 30.4 Å². The SMILES string of the molecule is COc1ccc(N2CCN(C(CNC(=O)C(=O)Nc3ccc(C)c(N4CCCC4=O)c3)c3ccco3)CC2)cc1. The predicted octanol–water partition coefficient (Wildman–Crippen LogP) is 3.34. The zero-order valence-corrected chi connectivity index (χ0v) is 22.9. The summed E-state index contributed by atoms with van der Waals surface area (Å²) < 4.78 is 11.0. The van der Waals surface area contributed by atoms with Crippen LogP contribution < -0.4 is 25.2 Å². The van der Waals surface area contributed by atoms with Crippen molar-refractivity contribution >= 4 is 34.8 Å². The predicted molar refractivity (Wildman–Crippen MR) is 153 cm³/mol. The number of piperazine rings is 1. The number of carbonyl (C=O) groups is 3. The van der Waals surface area contributed by atoms with Gasteiger partial charge in [0.1, 0.15) is 11.5 Å². The molecule has 0 saturated carbocycles. The maximum atomic E-state index is 12.8. The van der Waals surface area contributed by atoms with Crippen LogP contribution in [-0.2, 0) is 14.4 Å². The van der Waals surface area contributed by atoms with Crippen LogP contribution in [-0.4, -0.2) is 69.0 Å². The van der Waals surface area contributed by atoms with Crippen LogP contribution in [0.5, 0.6) is 5.75 Å². The van der Waals surface area contributed by atoms with Gasteiger partial charge in [0, 0.05) is 62.8 Å². The van der Waals surface area contributed by atoms with Gasteiger partial charge in [0.15, 0.2) is 0 Å². The highest BCUT2D eigenvalue weighted by Crippen LogP contribution is 2.29. The Hall–Kier alpha value is -4.31. The van der Waals surface area contributed by atoms with Crippen LogP contribution in [0.2, 0.25) is 0 Å². The van der Waals surface area contributed by atoms with E-state index >= 15 is 0 Å². The Morgan fingerprint density at radius 1 is 1.00 bits per heavy atom. The molecule has 1 atom stereocenters. The van der Waals surface area contributed by atoms with E-state index in [1.165, 1.54) is 0 Å². The third-order valence-electron chi connectivity index (χ3n) is 7.56. The number of amides is 3. The lowest BCUT2D eigenvalue weighted by atomic mass is 10.1. The number of rotatable bonds is 8. The topological polar surface area (TPSA) is 107 Å². The van der Waals surface area contributed by atoms with Crippen molar-refractivity contribution in [3.05, 3.63) is 72.2 Å². The second-order valence-corrected chi connectivity index (χ2v) is 10.1. The smallest absolute Gasteiger partial charge is 0.313 e. The van der Waals surface area contributed by atoms with E-state index in [0.29, 0.717) is 18.7 Å². The van der Waals surface area contributed by atoms with Crippen LogP contribution in [0.15, 0.2) is 65.3 Å². The Labute approximate surface area is 233 Å². The molecule has 2 aromatic carbocycles. The van der Waals surface area contributed by atoms with E-state index in [0.717, 1.165) is 61.0 Å². The number of hydrogen-bond donors (Lipinski definition) is 2. The summed E-state index contributed by atoms with van der Waals surface area (Å²) in [7, 11) is 1.65. The standard InChI is InChI=1S/C30H35N5O5/c1-21-7-8-22(19-25(21)35-13-3-6-28(35)36)32-30(38)29(37)31-20-26(27-5-4-18-40-27)34-16-14-33(15-17-34)23-9-11-24(39-2)12-10-23/h4-5,7-12,18-19,26H,3,6,13-17,20H2,1-2H3,(H,31,37)(H,32,38). The third-order valence-corrected chi connectivity index (χ3v) is 7.56. The van der Waals surface area contributed by atoms with Gasteiger partial charge in [-0.25, -0.2) is 0 Å². The fraction of sp³-hybridized carbons (Fsp3) is 0.367. The summed E-state index contributed by atoms with van der Waals surface area (Å²) in [6, 6.07) is 16.8. The lowest BCUT2D eigenvalue weighted by Crippen LogP contribution is -2.50. The number of nitrogens with one attached hydrogen (secondary N) is 2. The molecule has 10 nitrogen and oxygen atoms in total. The molecule has 3 aromatic rings. The zero-order chi connectivity index (χ0) is 28.1. The summed E-state index contributed by atoms with van der Waals surface area (Å²) >= 11 is 0. The minimum Gasteiger partial charge on any atom is -0.497 e. The highest BCUT2D eigenvalue weighted by Gasteiger charge is 2.29. The molecule has 2 fully saturated rings. The molecule has 0 spiro atoms. The van der Waals surface area contributed by atoms with Crippen molar-refractivity contribution in [3.8, 4) is 5.75 Å². The summed E-state index contributed by atoms with van der Waals surface area (Å²) in [6.45, 7) is 5.96. The normalized spacial score (nSPS) is 16.6. The van der Waals surface area contributed by atoms with Gasteiger partial charge in [0.25, 0.3) is 0 Å². The molecule has 3 amide bonds. The summed E-state index contributed by atoms with van der Waals surface area (Å²) in [6.07, 6.45) is 2.95. The minimum atomic E-state index is -0.759. The second-order valence-electron chi connectivity index (χ2n) is 10.1. The van der Waals surface area contributed by atoms with E-state index in [9.17, 15) is 14.4 Å². The van der Waals surface area contributed by atoms with Crippen LogP contribution in [0.4, 0.5) is 17.1 Å². The number of benzene rings is 2. The first-order chi connectivity index (χ1) is 19.4. The van der Waals surface area contributed by atoms with Gasteiger partial charge in [0.2, 0.25) is 5.91 Å². The number of methoxy groups -OCH3 is 1. The lowest BCUT2D eigenvalue weighted by molar-refractivity contribution is -0.136. The van der Waals surface area contributed by atoms with Crippen molar-refractivity contribution in [3.63, 3.8) is 0 Å². The molecule has 1 aromatic heterocycles. The molecule has 10 heteroatoms. The van der Waals surface area contributed by atoms with Gasteiger partial charge in [-0.3, -0.25) is 19.3 Å². The molecule has 1 unspecified atom stereocenters. The van der Waals surface area contributed by atoms with Crippen LogP contribution in [0, 0.1) is 6.92 Å². The number of anilines is 3. The van der Waals surface area contributed by atoms with E-state index in [4.69, 9.17) is 9.15 Å². The van der Waals surface area contributed by atoms with Gasteiger partial charge in [-0.1, -0.05) is 6.07 Å². The number of nitrogens with zero attached hydrogens (tertiary/aromatic N) is 3. The molecule has 2 aliphatic rings. The third kappa shape index (κ3) is 6.12. The molecule has 0 bridgehead atoms. The first-order valence-corrected chi connectivity index (χ1v) is 13.6. The van der Waals surface area contributed by atoms with Crippen LogP contribution in [0.25, 0.3) is 0 Å². The Morgan fingerprint density at radius 2 is 1.77 bits per heavy atom. The number of aryl methyl sites for hydroxylation is 1. The maximum Gasteiger partial charge on any atom is 0.313 e. The van der Waals surface area contributed by atoms with Crippen molar-refractivity contribution in [2.75, 3.05) is 61.5 Å². The fourth-order valence-electron chi connectivity index (χ4n) is 5.31. The van der Waals surface area contributed by atoms with Gasteiger partial charge < -0.3 is 29.6 Å². The fourth-order valence-corrected chi connectivity index (χ4v) is 5.31. The quantitative estimate of drug-likeness (QED) is 0.418. The first-order valence-electron chi connectivity index (χ1n) is 13.6. The Balaban J connectivity index is 1.18. The van der Waals surface area contributed by atoms with Gasteiger partial charge in [-0.15, -0.1) is 0 Å². The Kier molecular flexibility index (Phi) is 8.35. The van der Waals surface area contributed by atoms with Crippen molar-refractivity contribution < 1.29 is 23.5 Å². The van der Waals surface area contributed by atoms with Crippen LogP contribution in [0.1, 0.15) is 30.2 Å². The van der Waals surface area contributed by atoms with E-state index in [2.05, 4.69) is 32.6 Å². The second kappa shape index (κ2) is 12.3. The van der Waals surface area contributed by atoms with E-state index in [1.807, 2.05) is 37.3 Å². The number of ether oxygens (including phenoxy) is 1. The summed E-state index contributed by atoms with van der Waals surface area (Å²) in [5.41, 5.74) is 3.30. The molecular weight excluding hydrogens is 510 g/mol. The molecule has 210 valence electrons. The average molecular weight is 546 g/mol. The van der Waals surface area contributed by atoms with Gasteiger partial charge >= 0.3 is 11.8 Å². The molecule has 0 radical (unpaired) electrons. The van der Waals surface area contributed by atoms with Gasteiger partial charge in [-0.2, -0.15) is 0 Å². The molecule has 2 saturated heterocycles. The number of carbonyl (C=O) groups excluding carboxylic acids is 3. The number of hydrogen-bond acceptors (Lipinski definition) is 7. The van der Waals surface area contributed by atoms with Gasteiger partial charge in [-0.05, 0) is 67.4 Å². The molecule has 2 aliphatic heterocycles. The van der Waals surface area contributed by atoms with Crippen LogP contribution in [0.3, 0.4) is 0 Å². The highest BCUT2D eigenvalue weighted by atomic mass is 16.5. The monoisotopic (exact) mass is 545 g/mol. The lowest BCUT2D eigenvalue weighted by Gasteiger charge is -2.39. The van der Waals surface area contributed by atoms with Crippen LogP contribution >= 0.6 is 0 Å². The maximum absolute atomic E-state index is 12.8.